The number of aliphatic imine (C=N–C) groups is 1. The summed E-state index contributed by atoms with van der Waals surface area (Å²) < 4.78 is 45.2. The second kappa shape index (κ2) is 8.33. The molecule has 0 atom stereocenters. The molecule has 0 unspecified atom stereocenters. The summed E-state index contributed by atoms with van der Waals surface area (Å²) in [5, 5.41) is 10.3. The van der Waals surface area contributed by atoms with Gasteiger partial charge in [0.25, 0.3) is 0 Å². The van der Waals surface area contributed by atoms with Gasteiger partial charge in [0, 0.05) is 12.3 Å². The molecule has 4 nitrogen and oxygen atoms in total. The van der Waals surface area contributed by atoms with Gasteiger partial charge in [0.05, 0.1) is 17.9 Å². The van der Waals surface area contributed by atoms with E-state index in [4.69, 9.17) is 4.74 Å². The fourth-order valence-electron chi connectivity index (χ4n) is 2.04. The maximum Gasteiger partial charge on any atom is 0.343 e. The molecule has 0 saturated carbocycles. The van der Waals surface area contributed by atoms with E-state index in [-0.39, 0.29) is 12.7 Å². The molecule has 0 aliphatic heterocycles. The van der Waals surface area contributed by atoms with Crippen LogP contribution in [0.5, 0.6) is 0 Å². The van der Waals surface area contributed by atoms with Crippen molar-refractivity contribution in [2.24, 2.45) is 4.99 Å². The van der Waals surface area contributed by atoms with Crippen LogP contribution in [0.2, 0.25) is 0 Å². The summed E-state index contributed by atoms with van der Waals surface area (Å²) in [6.07, 6.45) is 0.985. The number of rotatable bonds is 5. The first kappa shape index (κ1) is 19.2. The van der Waals surface area contributed by atoms with Crippen molar-refractivity contribution in [2.75, 3.05) is 6.61 Å². The van der Waals surface area contributed by atoms with Gasteiger partial charge in [-0.25, -0.2) is 18.0 Å². The van der Waals surface area contributed by atoms with Crippen LogP contribution >= 0.6 is 0 Å². The van der Waals surface area contributed by atoms with Gasteiger partial charge in [0.15, 0.2) is 11.6 Å². The Kier molecular flexibility index (Phi) is 6.16. The highest BCUT2D eigenvalue weighted by Crippen LogP contribution is 2.23. The van der Waals surface area contributed by atoms with Crippen LogP contribution in [0.3, 0.4) is 0 Å². The molecule has 2 rings (SSSR count). The van der Waals surface area contributed by atoms with Crippen LogP contribution in [-0.4, -0.2) is 23.9 Å². The van der Waals surface area contributed by atoms with Crippen LogP contribution in [0.15, 0.2) is 47.0 Å². The van der Waals surface area contributed by atoms with Crippen molar-refractivity contribution in [2.45, 2.75) is 13.8 Å². The molecule has 0 saturated heterocycles. The normalized spacial score (nSPS) is 12.2. The highest BCUT2D eigenvalue weighted by molar-refractivity contribution is 6.15. The summed E-state index contributed by atoms with van der Waals surface area (Å²) in [6, 6.07) is 7.65. The van der Waals surface area contributed by atoms with Crippen molar-refractivity contribution >= 4 is 23.6 Å². The molecular formula is C19H16F3NO3. The lowest BCUT2D eigenvalue weighted by molar-refractivity contribution is -0.137. The van der Waals surface area contributed by atoms with Gasteiger partial charge in [-0.15, -0.1) is 0 Å². The fraction of sp³-hybridized carbons (Fsp3) is 0.158. The number of esters is 1. The maximum absolute atomic E-state index is 13.9. The van der Waals surface area contributed by atoms with Crippen LogP contribution in [0.4, 0.5) is 18.9 Å². The topological polar surface area (TPSA) is 58.9 Å². The van der Waals surface area contributed by atoms with Gasteiger partial charge in [-0.1, -0.05) is 17.7 Å². The first-order valence-electron chi connectivity index (χ1n) is 7.69. The van der Waals surface area contributed by atoms with Gasteiger partial charge in [0.2, 0.25) is 0 Å². The lowest BCUT2D eigenvalue weighted by Gasteiger charge is -2.08. The first-order chi connectivity index (χ1) is 12.3. The number of aliphatic hydroxyl groups is 1. The van der Waals surface area contributed by atoms with Crippen molar-refractivity contribution in [1.82, 2.24) is 0 Å². The smallest absolute Gasteiger partial charge is 0.343 e. The third-order valence-electron chi connectivity index (χ3n) is 3.39. The number of halogens is 3. The Morgan fingerprint density at radius 3 is 2.35 bits per heavy atom. The van der Waals surface area contributed by atoms with Crippen molar-refractivity contribution in [3.63, 3.8) is 0 Å². The number of carbonyl (C=O) groups is 1. The summed E-state index contributed by atoms with van der Waals surface area (Å²) in [5.41, 5.74) is 0.299. The lowest BCUT2D eigenvalue weighted by Crippen LogP contribution is -2.12. The number of aliphatic hydroxyl groups excluding tert-OH is 1. The van der Waals surface area contributed by atoms with Crippen LogP contribution in [0.1, 0.15) is 18.1 Å². The minimum Gasteiger partial charge on any atom is -0.506 e. The van der Waals surface area contributed by atoms with E-state index >= 15 is 0 Å². The zero-order chi connectivity index (χ0) is 19.3. The number of benzene rings is 2. The third kappa shape index (κ3) is 4.50. The molecule has 2 aromatic carbocycles. The van der Waals surface area contributed by atoms with E-state index in [9.17, 15) is 23.1 Å². The number of nitrogens with zero attached hydrogens (tertiary/aromatic N) is 1. The molecular weight excluding hydrogens is 347 g/mol. The highest BCUT2D eigenvalue weighted by atomic mass is 19.2. The first-order valence-corrected chi connectivity index (χ1v) is 7.69. The quantitative estimate of drug-likeness (QED) is 0.277. The van der Waals surface area contributed by atoms with Crippen LogP contribution in [0.25, 0.3) is 5.76 Å². The number of aryl methyl sites for hydroxylation is 1. The van der Waals surface area contributed by atoms with E-state index in [2.05, 4.69) is 4.99 Å². The second-order valence-corrected chi connectivity index (χ2v) is 5.32. The van der Waals surface area contributed by atoms with E-state index in [1.54, 1.807) is 31.2 Å². The molecule has 7 heteroatoms. The van der Waals surface area contributed by atoms with Crippen molar-refractivity contribution in [3.05, 3.63) is 70.5 Å². The van der Waals surface area contributed by atoms with Gasteiger partial charge in [-0.2, -0.15) is 0 Å². The Hall–Kier alpha value is -3.09. The SMILES string of the molecule is CCOC(=O)/C(C=Nc1ccc(C)cc1)=C(/O)c1cc(F)c(F)cc1F. The van der Waals surface area contributed by atoms with Crippen LogP contribution < -0.4 is 0 Å². The van der Waals surface area contributed by atoms with Gasteiger partial charge in [-0.3, -0.25) is 4.99 Å². The Morgan fingerprint density at radius 2 is 1.73 bits per heavy atom. The van der Waals surface area contributed by atoms with E-state index in [1.165, 1.54) is 0 Å². The zero-order valence-electron chi connectivity index (χ0n) is 14.1. The lowest BCUT2D eigenvalue weighted by atomic mass is 10.1. The molecule has 0 bridgehead atoms. The number of hydrogen-bond acceptors (Lipinski definition) is 4. The Balaban J connectivity index is 2.52. The standard InChI is InChI=1S/C19H16F3NO3/c1-3-26-19(25)14(10-23-12-6-4-11(2)5-7-12)18(24)13-8-16(21)17(22)9-15(13)20/h4-10,24H,3H2,1-2H3/b18-14+,23-10?. The average molecular weight is 363 g/mol. The molecule has 1 N–H and O–H groups in total. The summed E-state index contributed by atoms with van der Waals surface area (Å²) >= 11 is 0. The van der Waals surface area contributed by atoms with Crippen LogP contribution in [0, 0.1) is 24.4 Å². The second-order valence-electron chi connectivity index (χ2n) is 5.32. The van der Waals surface area contributed by atoms with E-state index < -0.39 is 40.3 Å². The maximum atomic E-state index is 13.9. The number of hydrogen-bond donors (Lipinski definition) is 1. The Bertz CT molecular complexity index is 874. The largest absolute Gasteiger partial charge is 0.506 e. The molecule has 136 valence electrons. The molecule has 26 heavy (non-hydrogen) atoms. The molecule has 0 fully saturated rings. The minimum absolute atomic E-state index is 0.00571. The van der Waals surface area contributed by atoms with E-state index in [0.717, 1.165) is 11.8 Å². The molecule has 2 aromatic rings. The van der Waals surface area contributed by atoms with Crippen molar-refractivity contribution < 1.29 is 27.8 Å². The third-order valence-corrected chi connectivity index (χ3v) is 3.39. The van der Waals surface area contributed by atoms with Gasteiger partial charge >= 0.3 is 5.97 Å². The minimum atomic E-state index is -1.41. The molecule has 0 aliphatic rings. The van der Waals surface area contributed by atoms with Gasteiger partial charge in [0.1, 0.15) is 17.1 Å². The molecule has 0 aliphatic carbocycles. The summed E-state index contributed by atoms with van der Waals surface area (Å²) in [4.78, 5) is 16.1. The van der Waals surface area contributed by atoms with Gasteiger partial charge < -0.3 is 9.84 Å². The van der Waals surface area contributed by atoms with Gasteiger partial charge in [-0.05, 0) is 32.0 Å². The summed E-state index contributed by atoms with van der Waals surface area (Å²) in [5.74, 6) is -5.90. The molecule has 0 aromatic heterocycles. The zero-order valence-corrected chi connectivity index (χ0v) is 14.1. The number of carbonyl (C=O) groups excluding carboxylic acids is 1. The van der Waals surface area contributed by atoms with E-state index in [1.807, 2.05) is 6.92 Å². The fourth-order valence-corrected chi connectivity index (χ4v) is 2.04. The Labute approximate surface area is 148 Å². The van der Waals surface area contributed by atoms with E-state index in [0.29, 0.717) is 11.8 Å². The average Bonchev–Trinajstić information content (AvgIpc) is 2.60. The highest BCUT2D eigenvalue weighted by Gasteiger charge is 2.21. The molecule has 0 heterocycles. The summed E-state index contributed by atoms with van der Waals surface area (Å²) in [6.45, 7) is 3.42. The monoisotopic (exact) mass is 363 g/mol. The Morgan fingerprint density at radius 1 is 1.12 bits per heavy atom. The molecule has 0 radical (unpaired) electrons. The predicted octanol–water partition coefficient (Wildman–Crippen LogP) is 4.65. The number of ether oxygens (including phenoxy) is 1. The van der Waals surface area contributed by atoms with Crippen molar-refractivity contribution in [1.29, 1.82) is 0 Å². The van der Waals surface area contributed by atoms with Crippen LogP contribution in [-0.2, 0) is 9.53 Å². The predicted molar refractivity (Wildman–Crippen MR) is 91.8 cm³/mol. The molecule has 0 amide bonds. The molecule has 0 spiro atoms. The van der Waals surface area contributed by atoms with Crippen molar-refractivity contribution in [3.8, 4) is 0 Å². The summed E-state index contributed by atoms with van der Waals surface area (Å²) in [7, 11) is 0.